The minimum Gasteiger partial charge on any atom is -0.350 e. The first-order valence-corrected chi connectivity index (χ1v) is 9.57. The van der Waals surface area contributed by atoms with Crippen molar-refractivity contribution in [2.75, 3.05) is 13.1 Å². The highest BCUT2D eigenvalue weighted by atomic mass is 32.2. The van der Waals surface area contributed by atoms with Crippen molar-refractivity contribution >= 4 is 15.9 Å². The molecule has 0 aliphatic carbocycles. The molecule has 6 nitrogen and oxygen atoms in total. The Balaban J connectivity index is 2.56. The van der Waals surface area contributed by atoms with Gasteiger partial charge in [-0.15, -0.1) is 0 Å². The molecule has 0 saturated carbocycles. The largest absolute Gasteiger partial charge is 0.350 e. The van der Waals surface area contributed by atoms with E-state index in [0.717, 1.165) is 32.2 Å². The predicted octanol–water partition coefficient (Wildman–Crippen LogP) is 1.62. The SMILES string of the molecule is CCCCNC(CCC)CNC(=O)c1ccc(S(N)(=O)=O)cc1. The fourth-order valence-electron chi connectivity index (χ4n) is 2.22. The molecule has 0 fully saturated rings. The third-order valence-electron chi connectivity index (χ3n) is 3.55. The number of hydrogen-bond acceptors (Lipinski definition) is 4. The van der Waals surface area contributed by atoms with Crippen LogP contribution in [0.25, 0.3) is 0 Å². The molecule has 23 heavy (non-hydrogen) atoms. The number of primary sulfonamides is 1. The highest BCUT2D eigenvalue weighted by Gasteiger charge is 2.12. The summed E-state index contributed by atoms with van der Waals surface area (Å²) in [6.45, 7) is 5.75. The fraction of sp³-hybridized carbons (Fsp3) is 0.562. The molecular formula is C16H27N3O3S. The van der Waals surface area contributed by atoms with Crippen molar-refractivity contribution in [3.8, 4) is 0 Å². The number of carbonyl (C=O) groups is 1. The number of hydrogen-bond donors (Lipinski definition) is 3. The van der Waals surface area contributed by atoms with Crippen molar-refractivity contribution in [2.45, 2.75) is 50.5 Å². The van der Waals surface area contributed by atoms with E-state index in [-0.39, 0.29) is 16.8 Å². The van der Waals surface area contributed by atoms with Gasteiger partial charge in [-0.05, 0) is 43.7 Å². The van der Waals surface area contributed by atoms with Crippen LogP contribution in [0, 0.1) is 0 Å². The van der Waals surface area contributed by atoms with Crippen molar-refractivity contribution in [3.05, 3.63) is 29.8 Å². The lowest BCUT2D eigenvalue weighted by molar-refractivity contribution is 0.0948. The van der Waals surface area contributed by atoms with Crippen LogP contribution in [0.3, 0.4) is 0 Å². The van der Waals surface area contributed by atoms with Crippen molar-refractivity contribution in [2.24, 2.45) is 5.14 Å². The lowest BCUT2D eigenvalue weighted by atomic mass is 10.1. The highest BCUT2D eigenvalue weighted by molar-refractivity contribution is 7.89. The summed E-state index contributed by atoms with van der Waals surface area (Å²) in [6.07, 6.45) is 4.29. The number of benzene rings is 1. The molecule has 1 rings (SSSR count). The Morgan fingerprint density at radius 1 is 1.17 bits per heavy atom. The molecule has 1 aromatic rings. The van der Waals surface area contributed by atoms with Gasteiger partial charge in [-0.1, -0.05) is 26.7 Å². The molecule has 1 aromatic carbocycles. The molecule has 1 unspecified atom stereocenters. The number of carbonyl (C=O) groups excluding carboxylic acids is 1. The second kappa shape index (κ2) is 9.64. The van der Waals surface area contributed by atoms with Crippen LogP contribution in [0.2, 0.25) is 0 Å². The van der Waals surface area contributed by atoms with Crippen LogP contribution in [-0.4, -0.2) is 33.5 Å². The van der Waals surface area contributed by atoms with Crippen LogP contribution < -0.4 is 15.8 Å². The summed E-state index contributed by atoms with van der Waals surface area (Å²) in [4.78, 5) is 12.1. The second-order valence-electron chi connectivity index (χ2n) is 5.57. The molecule has 1 amide bonds. The highest BCUT2D eigenvalue weighted by Crippen LogP contribution is 2.08. The Kier molecular flexibility index (Phi) is 8.22. The number of amides is 1. The average molecular weight is 341 g/mol. The molecule has 4 N–H and O–H groups in total. The zero-order valence-electron chi connectivity index (χ0n) is 13.8. The van der Waals surface area contributed by atoms with E-state index in [1.54, 1.807) is 0 Å². The third-order valence-corrected chi connectivity index (χ3v) is 4.48. The molecule has 0 bridgehead atoms. The van der Waals surface area contributed by atoms with Gasteiger partial charge in [-0.2, -0.15) is 0 Å². The lowest BCUT2D eigenvalue weighted by Crippen LogP contribution is -2.41. The van der Waals surface area contributed by atoms with E-state index in [1.807, 2.05) is 0 Å². The molecule has 0 aliphatic heterocycles. The van der Waals surface area contributed by atoms with Gasteiger partial charge in [-0.3, -0.25) is 4.79 Å². The van der Waals surface area contributed by atoms with Gasteiger partial charge in [-0.25, -0.2) is 13.6 Å². The van der Waals surface area contributed by atoms with Crippen LogP contribution in [0.4, 0.5) is 0 Å². The number of nitrogens with two attached hydrogens (primary N) is 1. The van der Waals surface area contributed by atoms with Gasteiger partial charge < -0.3 is 10.6 Å². The Hall–Kier alpha value is -1.44. The quantitative estimate of drug-likeness (QED) is 0.563. The van der Waals surface area contributed by atoms with E-state index in [4.69, 9.17) is 5.14 Å². The minimum atomic E-state index is -3.73. The summed E-state index contributed by atoms with van der Waals surface area (Å²) in [7, 11) is -3.73. The Labute approximate surface area is 138 Å². The fourth-order valence-corrected chi connectivity index (χ4v) is 2.74. The van der Waals surface area contributed by atoms with Crippen LogP contribution in [0.1, 0.15) is 49.9 Å². The first kappa shape index (κ1) is 19.6. The number of nitrogens with one attached hydrogen (secondary N) is 2. The topological polar surface area (TPSA) is 101 Å². The molecule has 7 heteroatoms. The smallest absolute Gasteiger partial charge is 0.251 e. The van der Waals surface area contributed by atoms with E-state index >= 15 is 0 Å². The molecule has 0 spiro atoms. The van der Waals surface area contributed by atoms with E-state index < -0.39 is 10.0 Å². The lowest BCUT2D eigenvalue weighted by Gasteiger charge is -2.18. The van der Waals surface area contributed by atoms with Crippen LogP contribution >= 0.6 is 0 Å². The maximum atomic E-state index is 12.1. The molecule has 0 saturated heterocycles. The Bertz CT molecular complexity index is 585. The van der Waals surface area contributed by atoms with Crippen LogP contribution in [0.15, 0.2) is 29.2 Å². The molecule has 0 heterocycles. The van der Waals surface area contributed by atoms with Gasteiger partial charge in [0.05, 0.1) is 4.90 Å². The molecule has 130 valence electrons. The normalized spacial score (nSPS) is 12.8. The average Bonchev–Trinajstić information content (AvgIpc) is 2.51. The van der Waals surface area contributed by atoms with Crippen molar-refractivity contribution in [1.82, 2.24) is 10.6 Å². The summed E-state index contributed by atoms with van der Waals surface area (Å²) in [5.74, 6) is -0.218. The third kappa shape index (κ3) is 7.11. The Morgan fingerprint density at radius 3 is 2.35 bits per heavy atom. The van der Waals surface area contributed by atoms with Crippen molar-refractivity contribution in [1.29, 1.82) is 0 Å². The molecule has 0 radical (unpaired) electrons. The predicted molar refractivity (Wildman–Crippen MR) is 91.8 cm³/mol. The van der Waals surface area contributed by atoms with Crippen molar-refractivity contribution in [3.63, 3.8) is 0 Å². The first-order chi connectivity index (χ1) is 10.9. The summed E-state index contributed by atoms with van der Waals surface area (Å²) in [5.41, 5.74) is 0.418. The van der Waals surface area contributed by atoms with Gasteiger partial charge >= 0.3 is 0 Å². The molecule has 1 atom stereocenters. The van der Waals surface area contributed by atoms with Crippen LogP contribution in [0.5, 0.6) is 0 Å². The van der Waals surface area contributed by atoms with Gasteiger partial charge in [0.2, 0.25) is 10.0 Å². The van der Waals surface area contributed by atoms with Gasteiger partial charge in [0, 0.05) is 18.2 Å². The summed E-state index contributed by atoms with van der Waals surface area (Å²) < 4.78 is 22.4. The second-order valence-corrected chi connectivity index (χ2v) is 7.13. The number of sulfonamides is 1. The van der Waals surface area contributed by atoms with E-state index in [2.05, 4.69) is 24.5 Å². The van der Waals surface area contributed by atoms with Gasteiger partial charge in [0.1, 0.15) is 0 Å². The zero-order valence-corrected chi connectivity index (χ0v) is 14.7. The first-order valence-electron chi connectivity index (χ1n) is 8.03. The molecule has 0 aromatic heterocycles. The maximum Gasteiger partial charge on any atom is 0.251 e. The summed E-state index contributed by atoms with van der Waals surface area (Å²) in [5, 5.41) is 11.4. The van der Waals surface area contributed by atoms with Crippen LogP contribution in [-0.2, 0) is 10.0 Å². The van der Waals surface area contributed by atoms with Gasteiger partial charge in [0.25, 0.3) is 5.91 Å². The van der Waals surface area contributed by atoms with Crippen molar-refractivity contribution < 1.29 is 13.2 Å². The van der Waals surface area contributed by atoms with E-state index in [9.17, 15) is 13.2 Å². The molecular weight excluding hydrogens is 314 g/mol. The number of unbranched alkanes of at least 4 members (excludes halogenated alkanes) is 1. The molecule has 0 aliphatic rings. The Morgan fingerprint density at radius 2 is 1.83 bits per heavy atom. The minimum absolute atomic E-state index is 0.000795. The van der Waals surface area contributed by atoms with Gasteiger partial charge in [0.15, 0.2) is 0 Å². The number of rotatable bonds is 10. The summed E-state index contributed by atoms with van der Waals surface area (Å²) in [6, 6.07) is 5.86. The zero-order chi connectivity index (χ0) is 17.3. The van der Waals surface area contributed by atoms with E-state index in [0.29, 0.717) is 12.1 Å². The summed E-state index contributed by atoms with van der Waals surface area (Å²) >= 11 is 0. The maximum absolute atomic E-state index is 12.1. The standard InChI is InChI=1S/C16H27N3O3S/c1-3-5-11-18-14(6-4-2)12-19-16(20)13-7-9-15(10-8-13)23(17,21)22/h7-10,14,18H,3-6,11-12H2,1-2H3,(H,19,20)(H2,17,21,22). The monoisotopic (exact) mass is 341 g/mol. The van der Waals surface area contributed by atoms with E-state index in [1.165, 1.54) is 24.3 Å².